The second-order valence-corrected chi connectivity index (χ2v) is 7.07. The Labute approximate surface area is 164 Å². The summed E-state index contributed by atoms with van der Waals surface area (Å²) in [5, 5.41) is 3.03. The molecule has 1 saturated heterocycles. The lowest BCUT2D eigenvalue weighted by Crippen LogP contribution is -2.36. The molecule has 5 heteroatoms. The highest BCUT2D eigenvalue weighted by Gasteiger charge is 2.26. The molecule has 4 rings (SSSR count). The van der Waals surface area contributed by atoms with E-state index >= 15 is 0 Å². The number of rotatable bonds is 6. The summed E-state index contributed by atoms with van der Waals surface area (Å²) in [6.07, 6.45) is 4.02. The van der Waals surface area contributed by atoms with Crippen molar-refractivity contribution < 1.29 is 13.6 Å². The van der Waals surface area contributed by atoms with Crippen molar-refractivity contribution in [2.45, 2.75) is 18.9 Å². The molecule has 1 N–H and O–H groups in total. The Hall–Kier alpha value is -2.92. The van der Waals surface area contributed by atoms with Gasteiger partial charge in [0, 0.05) is 12.1 Å². The summed E-state index contributed by atoms with van der Waals surface area (Å²) >= 11 is 0. The zero-order chi connectivity index (χ0) is 19.3. The van der Waals surface area contributed by atoms with Crippen LogP contribution in [0.25, 0.3) is 11.1 Å². The first kappa shape index (κ1) is 18.4. The van der Waals surface area contributed by atoms with Gasteiger partial charge in [-0.25, -0.2) is 4.39 Å². The van der Waals surface area contributed by atoms with Crippen molar-refractivity contribution in [2.75, 3.05) is 19.6 Å². The first-order chi connectivity index (χ1) is 13.7. The van der Waals surface area contributed by atoms with Crippen LogP contribution in [-0.4, -0.2) is 30.4 Å². The molecule has 1 fully saturated rings. The van der Waals surface area contributed by atoms with Gasteiger partial charge in [0.25, 0.3) is 5.91 Å². The van der Waals surface area contributed by atoms with Gasteiger partial charge in [0.1, 0.15) is 11.6 Å². The van der Waals surface area contributed by atoms with Crippen LogP contribution in [0.3, 0.4) is 0 Å². The van der Waals surface area contributed by atoms with E-state index in [0.29, 0.717) is 12.1 Å². The molecule has 0 saturated carbocycles. The summed E-state index contributed by atoms with van der Waals surface area (Å²) in [7, 11) is 0. The predicted molar refractivity (Wildman–Crippen MR) is 106 cm³/mol. The van der Waals surface area contributed by atoms with E-state index in [4.69, 9.17) is 4.42 Å². The number of hydrogen-bond donors (Lipinski definition) is 1. The lowest BCUT2D eigenvalue weighted by molar-refractivity contribution is 0.0934. The Morgan fingerprint density at radius 3 is 2.50 bits per heavy atom. The summed E-state index contributed by atoms with van der Waals surface area (Å²) in [6.45, 7) is 2.53. The zero-order valence-corrected chi connectivity index (χ0v) is 15.6. The second kappa shape index (κ2) is 8.40. The Bertz CT molecular complexity index is 916. The van der Waals surface area contributed by atoms with Gasteiger partial charge < -0.3 is 9.73 Å². The van der Waals surface area contributed by atoms with Crippen LogP contribution in [0.15, 0.2) is 71.3 Å². The van der Waals surface area contributed by atoms with Crippen molar-refractivity contribution in [1.29, 1.82) is 0 Å². The van der Waals surface area contributed by atoms with Crippen molar-refractivity contribution in [2.24, 2.45) is 0 Å². The van der Waals surface area contributed by atoms with Crippen molar-refractivity contribution in [3.63, 3.8) is 0 Å². The van der Waals surface area contributed by atoms with Crippen LogP contribution in [0.4, 0.5) is 4.39 Å². The van der Waals surface area contributed by atoms with Crippen LogP contribution in [0.1, 0.15) is 35.0 Å². The number of likely N-dealkylation sites (tertiary alicyclic amines) is 1. The smallest absolute Gasteiger partial charge is 0.251 e. The average Bonchev–Trinajstić information content (AvgIpc) is 3.43. The minimum absolute atomic E-state index is 0.0491. The highest BCUT2D eigenvalue weighted by Crippen LogP contribution is 2.25. The molecular weight excluding hydrogens is 355 g/mol. The largest absolute Gasteiger partial charge is 0.468 e. The Morgan fingerprint density at radius 2 is 1.82 bits per heavy atom. The first-order valence-corrected chi connectivity index (χ1v) is 9.62. The number of carbonyl (C=O) groups excluding carboxylic acids is 1. The molecular formula is C23H23FN2O2. The zero-order valence-electron chi connectivity index (χ0n) is 15.6. The van der Waals surface area contributed by atoms with Crippen LogP contribution in [0.5, 0.6) is 0 Å². The number of nitrogens with zero attached hydrogens (tertiary/aromatic N) is 1. The molecule has 1 aliphatic rings. The molecule has 144 valence electrons. The molecule has 2 heterocycles. The molecule has 1 amide bonds. The van der Waals surface area contributed by atoms with Crippen LogP contribution < -0.4 is 5.32 Å². The molecule has 1 aliphatic heterocycles. The quantitative estimate of drug-likeness (QED) is 0.679. The number of furan rings is 1. The number of amides is 1. The van der Waals surface area contributed by atoms with Crippen LogP contribution in [-0.2, 0) is 0 Å². The molecule has 0 spiro atoms. The van der Waals surface area contributed by atoms with Gasteiger partial charge in [-0.1, -0.05) is 24.3 Å². The van der Waals surface area contributed by atoms with E-state index in [-0.39, 0.29) is 17.8 Å². The number of nitrogens with one attached hydrogen (secondary N) is 1. The summed E-state index contributed by atoms with van der Waals surface area (Å²) in [4.78, 5) is 15.0. The third-order valence-electron chi connectivity index (χ3n) is 5.21. The van der Waals surface area contributed by atoms with Crippen molar-refractivity contribution >= 4 is 5.91 Å². The van der Waals surface area contributed by atoms with E-state index in [2.05, 4.69) is 10.2 Å². The van der Waals surface area contributed by atoms with Crippen molar-refractivity contribution in [3.05, 3.63) is 84.1 Å². The molecule has 3 aromatic rings. The Morgan fingerprint density at radius 1 is 1.04 bits per heavy atom. The van der Waals surface area contributed by atoms with E-state index in [9.17, 15) is 9.18 Å². The third-order valence-corrected chi connectivity index (χ3v) is 5.21. The molecule has 2 aromatic carbocycles. The molecule has 4 nitrogen and oxygen atoms in total. The topological polar surface area (TPSA) is 45.5 Å². The van der Waals surface area contributed by atoms with Gasteiger partial charge in [-0.3, -0.25) is 9.69 Å². The molecule has 1 atom stereocenters. The number of carbonyl (C=O) groups is 1. The third kappa shape index (κ3) is 4.15. The Balaban J connectivity index is 1.42. The highest BCUT2D eigenvalue weighted by molar-refractivity contribution is 5.94. The molecule has 0 bridgehead atoms. The van der Waals surface area contributed by atoms with E-state index < -0.39 is 0 Å². The van der Waals surface area contributed by atoms with E-state index in [0.717, 1.165) is 30.0 Å². The summed E-state index contributed by atoms with van der Waals surface area (Å²) in [6, 6.07) is 17.5. The maximum atomic E-state index is 13.4. The second-order valence-electron chi connectivity index (χ2n) is 7.07. The SMILES string of the molecule is O=C(NCC(c1ccco1)N1CCCC1)c1ccc(-c2cccc(F)c2)cc1. The van der Waals surface area contributed by atoms with E-state index in [1.807, 2.05) is 30.3 Å². The molecule has 0 radical (unpaired) electrons. The maximum absolute atomic E-state index is 13.4. The van der Waals surface area contributed by atoms with Gasteiger partial charge >= 0.3 is 0 Å². The van der Waals surface area contributed by atoms with Gasteiger partial charge in [-0.2, -0.15) is 0 Å². The number of hydrogen-bond acceptors (Lipinski definition) is 3. The van der Waals surface area contributed by atoms with Gasteiger partial charge in [0.2, 0.25) is 0 Å². The van der Waals surface area contributed by atoms with Gasteiger partial charge in [0.05, 0.1) is 12.3 Å². The van der Waals surface area contributed by atoms with Crippen molar-refractivity contribution in [3.8, 4) is 11.1 Å². The number of halogens is 1. The van der Waals surface area contributed by atoms with Crippen LogP contribution >= 0.6 is 0 Å². The summed E-state index contributed by atoms with van der Waals surface area (Å²) in [5.41, 5.74) is 2.25. The van der Waals surface area contributed by atoms with Gasteiger partial charge in [0.15, 0.2) is 0 Å². The molecule has 1 aromatic heterocycles. The normalized spacial score (nSPS) is 15.5. The number of benzene rings is 2. The van der Waals surface area contributed by atoms with Gasteiger partial charge in [-0.05, 0) is 73.5 Å². The summed E-state index contributed by atoms with van der Waals surface area (Å²) < 4.78 is 19.0. The minimum atomic E-state index is -0.273. The fraction of sp³-hybridized carbons (Fsp3) is 0.261. The van der Waals surface area contributed by atoms with Crippen molar-refractivity contribution in [1.82, 2.24) is 10.2 Å². The highest BCUT2D eigenvalue weighted by atomic mass is 19.1. The standard InChI is InChI=1S/C23H23FN2O2/c24-20-6-3-5-19(15-20)17-8-10-18(11-9-17)23(27)25-16-21(22-7-4-14-28-22)26-12-1-2-13-26/h3-11,14-15,21H,1-2,12-13,16H2,(H,25,27). The molecule has 0 aliphatic carbocycles. The van der Waals surface area contributed by atoms with Crippen LogP contribution in [0, 0.1) is 5.82 Å². The van der Waals surface area contributed by atoms with E-state index in [1.54, 1.807) is 24.5 Å². The monoisotopic (exact) mass is 378 g/mol. The summed E-state index contributed by atoms with van der Waals surface area (Å²) in [5.74, 6) is 0.482. The minimum Gasteiger partial charge on any atom is -0.468 e. The van der Waals surface area contributed by atoms with Crippen LogP contribution in [0.2, 0.25) is 0 Å². The lowest BCUT2D eigenvalue weighted by Gasteiger charge is -2.26. The van der Waals surface area contributed by atoms with E-state index in [1.165, 1.54) is 25.0 Å². The Kier molecular flexibility index (Phi) is 5.53. The fourth-order valence-corrected chi connectivity index (χ4v) is 3.72. The maximum Gasteiger partial charge on any atom is 0.251 e. The first-order valence-electron chi connectivity index (χ1n) is 9.62. The lowest BCUT2D eigenvalue weighted by atomic mass is 10.0. The fourth-order valence-electron chi connectivity index (χ4n) is 3.72. The molecule has 1 unspecified atom stereocenters. The molecule has 28 heavy (non-hydrogen) atoms. The predicted octanol–water partition coefficient (Wildman–Crippen LogP) is 4.65. The van der Waals surface area contributed by atoms with Gasteiger partial charge in [-0.15, -0.1) is 0 Å². The average molecular weight is 378 g/mol.